The third kappa shape index (κ3) is 8.26. The number of carbonyl (C=O) groups is 5. The summed E-state index contributed by atoms with van der Waals surface area (Å²) in [6, 6.07) is 22.8. The van der Waals surface area contributed by atoms with E-state index in [2.05, 4.69) is 20.4 Å². The number of imide groups is 1. The highest BCUT2D eigenvalue weighted by Gasteiger charge is 2.40. The molecule has 2 atom stereocenters. The van der Waals surface area contributed by atoms with Crippen LogP contribution in [0.5, 0.6) is 11.5 Å². The van der Waals surface area contributed by atoms with Gasteiger partial charge in [0.25, 0.3) is 11.8 Å². The largest absolute Gasteiger partial charge is 0.457 e. The van der Waals surface area contributed by atoms with Crippen LogP contribution in [-0.2, 0) is 16.1 Å². The number of urea groups is 1. The molecule has 16 heteroatoms. The fourth-order valence-electron chi connectivity index (χ4n) is 10.8. The quantitative estimate of drug-likeness (QED) is 0.196. The molecule has 64 heavy (non-hydrogen) atoms. The zero-order valence-corrected chi connectivity index (χ0v) is 36.1. The molecule has 6 aliphatic heterocycles. The topological polar surface area (TPSA) is 179 Å². The minimum Gasteiger partial charge on any atom is -0.457 e. The first kappa shape index (κ1) is 41.6. The number of piperazine rings is 1. The van der Waals surface area contributed by atoms with Gasteiger partial charge in [-0.1, -0.05) is 18.2 Å². The molecule has 4 fully saturated rings. The van der Waals surface area contributed by atoms with Gasteiger partial charge in [0.05, 0.1) is 6.04 Å². The van der Waals surface area contributed by atoms with Crippen molar-refractivity contribution in [2.45, 2.75) is 63.6 Å². The number of nitrogens with one attached hydrogen (secondary N) is 2. The molecule has 7 heterocycles. The van der Waals surface area contributed by atoms with Gasteiger partial charge < -0.3 is 40.3 Å². The van der Waals surface area contributed by atoms with Crippen LogP contribution in [0, 0.1) is 11.8 Å². The number of nitrogens with zero attached hydrogens (tertiary/aromatic N) is 7. The maximum atomic E-state index is 13.7. The zero-order chi connectivity index (χ0) is 43.9. The molecule has 0 aliphatic carbocycles. The monoisotopic (exact) mass is 868 g/mol. The fraction of sp³-hybridized carbons (Fsp3) is 0.458. The smallest absolute Gasteiger partial charge is 0.320 e. The number of aromatic nitrogens is 2. The van der Waals surface area contributed by atoms with Crippen LogP contribution in [0.25, 0.3) is 11.3 Å². The van der Waals surface area contributed by atoms with Crippen LogP contribution < -0.4 is 26.0 Å². The van der Waals surface area contributed by atoms with Crippen molar-refractivity contribution in [2.75, 3.05) is 75.7 Å². The van der Waals surface area contributed by atoms with E-state index in [0.717, 1.165) is 93.9 Å². The molecule has 10 rings (SSSR count). The lowest BCUT2D eigenvalue weighted by Gasteiger charge is -2.42. The van der Waals surface area contributed by atoms with Gasteiger partial charge in [-0.3, -0.25) is 24.5 Å². The lowest BCUT2D eigenvalue weighted by Crippen LogP contribution is -2.54. The Morgan fingerprint density at radius 1 is 0.781 bits per heavy atom. The SMILES string of the molecule is NC(=O)c1c(-c2ccc(Oc3ccccc3)cc2)nn2c1NCC[C@H]2C1CCN(CC2CCN(C(=O)N3CCN(c4ccc5c(c4)CN(C4CCC(=O)NC4=O)C5=O)CC3)CC2)CC1. The van der Waals surface area contributed by atoms with E-state index in [4.69, 9.17) is 15.6 Å². The van der Waals surface area contributed by atoms with E-state index in [1.807, 2.05) is 87.3 Å². The number of fused-ring (bicyclic) bond motifs is 2. The normalized spacial score (nSPS) is 22.2. The molecule has 334 valence electrons. The van der Waals surface area contributed by atoms with Crippen molar-refractivity contribution in [3.63, 3.8) is 0 Å². The molecule has 0 bridgehead atoms. The van der Waals surface area contributed by atoms with Crippen molar-refractivity contribution in [1.29, 1.82) is 0 Å². The third-order valence-electron chi connectivity index (χ3n) is 14.3. The number of carbonyl (C=O) groups excluding carboxylic acids is 5. The Balaban J connectivity index is 0.684. The molecule has 16 nitrogen and oxygen atoms in total. The first-order valence-corrected chi connectivity index (χ1v) is 22.9. The molecule has 4 N–H and O–H groups in total. The molecule has 1 unspecified atom stereocenters. The van der Waals surface area contributed by atoms with Crippen molar-refractivity contribution >= 4 is 41.2 Å². The van der Waals surface area contributed by atoms with Gasteiger partial charge in [-0.05, 0) is 124 Å². The van der Waals surface area contributed by atoms with E-state index in [1.54, 1.807) is 4.90 Å². The highest BCUT2D eigenvalue weighted by atomic mass is 16.5. The Morgan fingerprint density at radius 3 is 2.22 bits per heavy atom. The maximum Gasteiger partial charge on any atom is 0.320 e. The lowest BCUT2D eigenvalue weighted by atomic mass is 9.86. The summed E-state index contributed by atoms with van der Waals surface area (Å²) in [7, 11) is 0. The second-order valence-corrected chi connectivity index (χ2v) is 18.2. The highest BCUT2D eigenvalue weighted by Crippen LogP contribution is 2.41. The van der Waals surface area contributed by atoms with Gasteiger partial charge in [-0.15, -0.1) is 0 Å². The van der Waals surface area contributed by atoms with Crippen LogP contribution in [0.4, 0.5) is 16.3 Å². The number of rotatable bonds is 9. The van der Waals surface area contributed by atoms with Gasteiger partial charge in [-0.2, -0.15) is 5.10 Å². The Kier molecular flexibility index (Phi) is 11.5. The molecule has 6 amide bonds. The van der Waals surface area contributed by atoms with Crippen LogP contribution in [0.15, 0.2) is 72.8 Å². The van der Waals surface area contributed by atoms with E-state index in [9.17, 15) is 24.0 Å². The predicted octanol–water partition coefficient (Wildman–Crippen LogP) is 4.93. The van der Waals surface area contributed by atoms with Gasteiger partial charge in [-0.25, -0.2) is 9.48 Å². The number of hydrogen-bond donors (Lipinski definition) is 3. The molecule has 1 aromatic heterocycles. The van der Waals surface area contributed by atoms with Crippen molar-refractivity contribution in [1.82, 2.24) is 34.7 Å². The summed E-state index contributed by atoms with van der Waals surface area (Å²) in [4.78, 5) is 74.3. The molecule has 3 aromatic carbocycles. The Hall–Kier alpha value is -6.42. The van der Waals surface area contributed by atoms with Crippen LogP contribution in [0.2, 0.25) is 0 Å². The number of likely N-dealkylation sites (tertiary alicyclic amines) is 2. The van der Waals surface area contributed by atoms with Crippen molar-refractivity contribution in [3.05, 3.63) is 89.5 Å². The molecule has 4 aromatic rings. The number of benzene rings is 3. The number of nitrogens with two attached hydrogens (primary N) is 1. The summed E-state index contributed by atoms with van der Waals surface area (Å²) in [6.45, 7) is 8.40. The summed E-state index contributed by atoms with van der Waals surface area (Å²) in [5.41, 5.74) is 10.3. The van der Waals surface area contributed by atoms with Gasteiger partial charge in [0.2, 0.25) is 11.8 Å². The van der Waals surface area contributed by atoms with E-state index < -0.39 is 17.9 Å². The Labute approximate surface area is 372 Å². The summed E-state index contributed by atoms with van der Waals surface area (Å²) < 4.78 is 8.03. The number of anilines is 2. The summed E-state index contributed by atoms with van der Waals surface area (Å²) in [5.74, 6) is 1.79. The number of para-hydroxylation sites is 1. The molecular weight excluding hydrogens is 813 g/mol. The number of amides is 6. The van der Waals surface area contributed by atoms with Gasteiger partial charge in [0, 0.05) is 82.1 Å². The molecular formula is C48H56N10O6. The highest BCUT2D eigenvalue weighted by molar-refractivity contribution is 6.06. The van der Waals surface area contributed by atoms with E-state index in [-0.39, 0.29) is 30.3 Å². The standard InChI is InChI=1S/C48H56N10O6/c49-44(60)42-43(33-6-9-37(10-7-33)64-36-4-2-1-3-5-36)52-58-39(14-19-50-45(42)58)32-17-20-53(21-18-32)29-31-15-22-55(23-16-31)48(63)56-26-24-54(25-27-56)35-8-11-38-34(28-35)30-57(47(38)62)40-12-13-41(59)51-46(40)61/h1-11,28,31-32,39-40,50H,12-27,29-30H2,(H2,49,60)(H,51,59,61)/t39-,40?/m0/s1. The second kappa shape index (κ2) is 17.6. The molecule has 0 saturated carbocycles. The summed E-state index contributed by atoms with van der Waals surface area (Å²) >= 11 is 0. The second-order valence-electron chi connectivity index (χ2n) is 18.2. The third-order valence-corrected chi connectivity index (χ3v) is 14.3. The summed E-state index contributed by atoms with van der Waals surface area (Å²) in [5, 5.41) is 10.9. The van der Waals surface area contributed by atoms with E-state index >= 15 is 0 Å². The van der Waals surface area contributed by atoms with Gasteiger partial charge >= 0.3 is 6.03 Å². The Morgan fingerprint density at radius 2 is 1.50 bits per heavy atom. The number of ether oxygens (including phenoxy) is 1. The van der Waals surface area contributed by atoms with E-state index in [1.165, 1.54) is 0 Å². The molecule has 0 radical (unpaired) electrons. The first-order valence-electron chi connectivity index (χ1n) is 22.9. The molecule has 0 spiro atoms. The van der Waals surface area contributed by atoms with Crippen molar-refractivity contribution < 1.29 is 28.7 Å². The van der Waals surface area contributed by atoms with Gasteiger partial charge in [0.15, 0.2) is 0 Å². The first-order chi connectivity index (χ1) is 31.2. The number of primary amides is 1. The minimum absolute atomic E-state index is 0.120. The van der Waals surface area contributed by atoms with Crippen molar-refractivity contribution in [2.24, 2.45) is 17.6 Å². The molecule has 4 saturated heterocycles. The summed E-state index contributed by atoms with van der Waals surface area (Å²) in [6.07, 6.45) is 5.62. The van der Waals surface area contributed by atoms with Crippen LogP contribution in [0.3, 0.4) is 0 Å². The maximum absolute atomic E-state index is 13.7. The average Bonchev–Trinajstić information content (AvgIpc) is 3.88. The van der Waals surface area contributed by atoms with Crippen LogP contribution >= 0.6 is 0 Å². The lowest BCUT2D eigenvalue weighted by molar-refractivity contribution is -0.136. The van der Waals surface area contributed by atoms with E-state index in [0.29, 0.717) is 79.4 Å². The Bertz CT molecular complexity index is 2420. The van der Waals surface area contributed by atoms with Gasteiger partial charge in [0.1, 0.15) is 34.6 Å². The predicted molar refractivity (Wildman–Crippen MR) is 240 cm³/mol. The van der Waals surface area contributed by atoms with Crippen LogP contribution in [0.1, 0.15) is 77.3 Å². The average molecular weight is 869 g/mol. The minimum atomic E-state index is -0.634. The van der Waals surface area contributed by atoms with Crippen molar-refractivity contribution in [3.8, 4) is 22.8 Å². The fourth-order valence-corrected chi connectivity index (χ4v) is 10.8. The number of piperidine rings is 3. The number of hydrogen-bond acceptors (Lipinski definition) is 10. The van der Waals surface area contributed by atoms with Crippen LogP contribution in [-0.4, -0.2) is 131 Å². The molecule has 6 aliphatic rings. The zero-order valence-electron chi connectivity index (χ0n) is 36.1.